The number of hydrogen-bond acceptors (Lipinski definition) is 3. The van der Waals surface area contributed by atoms with Gasteiger partial charge in [-0.3, -0.25) is 4.79 Å². The molecule has 130 valence electrons. The van der Waals surface area contributed by atoms with E-state index in [-0.39, 0.29) is 5.91 Å². The number of aryl methyl sites for hydroxylation is 1. The summed E-state index contributed by atoms with van der Waals surface area (Å²) in [4.78, 5) is 16.7. The number of para-hydroxylation sites is 2. The highest BCUT2D eigenvalue weighted by molar-refractivity contribution is 5.81. The summed E-state index contributed by atoms with van der Waals surface area (Å²) < 4.78 is 1.98. The van der Waals surface area contributed by atoms with Crippen LogP contribution in [0.3, 0.4) is 0 Å². The Balaban J connectivity index is 1.44. The Bertz CT molecular complexity index is 671. The van der Waals surface area contributed by atoms with Crippen molar-refractivity contribution < 1.29 is 4.79 Å². The van der Waals surface area contributed by atoms with E-state index in [0.29, 0.717) is 19.1 Å². The lowest BCUT2D eigenvalue weighted by atomic mass is 10.1. The van der Waals surface area contributed by atoms with Crippen LogP contribution in [0.2, 0.25) is 0 Å². The van der Waals surface area contributed by atoms with Crippen molar-refractivity contribution in [3.63, 3.8) is 0 Å². The number of amides is 1. The molecule has 0 unspecified atom stereocenters. The van der Waals surface area contributed by atoms with E-state index < -0.39 is 0 Å². The van der Waals surface area contributed by atoms with E-state index in [1.807, 2.05) is 35.8 Å². The highest BCUT2D eigenvalue weighted by Crippen LogP contribution is 2.17. The minimum Gasteiger partial charge on any atom is -0.353 e. The molecule has 1 aliphatic rings. The first kappa shape index (κ1) is 17.0. The van der Waals surface area contributed by atoms with Crippen molar-refractivity contribution >= 4 is 16.9 Å². The van der Waals surface area contributed by atoms with Crippen LogP contribution < -0.4 is 10.6 Å². The summed E-state index contributed by atoms with van der Waals surface area (Å²) in [7, 11) is 0. The summed E-state index contributed by atoms with van der Waals surface area (Å²) in [6, 6.07) is 8.57. The van der Waals surface area contributed by atoms with Crippen molar-refractivity contribution in [2.75, 3.05) is 13.1 Å². The zero-order chi connectivity index (χ0) is 16.8. The maximum absolute atomic E-state index is 12.2. The van der Waals surface area contributed by atoms with Crippen LogP contribution in [0.1, 0.15) is 44.3 Å². The molecule has 0 aliphatic heterocycles. The zero-order valence-corrected chi connectivity index (χ0v) is 14.6. The summed E-state index contributed by atoms with van der Waals surface area (Å²) in [5, 5.41) is 6.60. The number of hydrogen-bond donors (Lipinski definition) is 2. The first-order valence-electron chi connectivity index (χ1n) is 9.16. The van der Waals surface area contributed by atoms with Gasteiger partial charge in [-0.2, -0.15) is 0 Å². The predicted octanol–water partition coefficient (Wildman–Crippen LogP) is 2.77. The maximum atomic E-state index is 12.2. The third-order valence-electron chi connectivity index (χ3n) is 4.88. The number of carbonyl (C=O) groups excluding carboxylic acids is 1. The molecule has 1 fully saturated rings. The molecule has 5 heteroatoms. The van der Waals surface area contributed by atoms with E-state index in [4.69, 9.17) is 0 Å². The molecule has 0 spiro atoms. The van der Waals surface area contributed by atoms with Crippen molar-refractivity contribution in [3.05, 3.63) is 30.1 Å². The van der Waals surface area contributed by atoms with Gasteiger partial charge in [0.05, 0.1) is 11.0 Å². The lowest BCUT2D eigenvalue weighted by Crippen LogP contribution is -2.38. The topological polar surface area (TPSA) is 59.0 Å². The minimum absolute atomic E-state index is 0.0453. The van der Waals surface area contributed by atoms with E-state index in [2.05, 4.69) is 15.6 Å². The molecule has 2 aromatic rings. The van der Waals surface area contributed by atoms with Gasteiger partial charge in [-0.15, -0.1) is 0 Å². The molecule has 5 nitrogen and oxygen atoms in total. The summed E-state index contributed by atoms with van der Waals surface area (Å²) >= 11 is 0. The highest BCUT2D eigenvalue weighted by Gasteiger charge is 2.12. The molecule has 1 aromatic heterocycles. The van der Waals surface area contributed by atoms with Gasteiger partial charge < -0.3 is 15.2 Å². The molecule has 1 aliphatic carbocycles. The molecule has 0 radical (unpaired) electrons. The smallest absolute Gasteiger partial charge is 0.240 e. The molecule has 1 amide bonds. The number of rotatable bonds is 6. The molecule has 1 aromatic carbocycles. The van der Waals surface area contributed by atoms with E-state index >= 15 is 0 Å². The van der Waals surface area contributed by atoms with Crippen molar-refractivity contribution in [3.8, 4) is 0 Å². The van der Waals surface area contributed by atoms with E-state index in [9.17, 15) is 4.79 Å². The van der Waals surface area contributed by atoms with Crippen LogP contribution in [0.4, 0.5) is 0 Å². The Morgan fingerprint density at radius 1 is 1.17 bits per heavy atom. The number of aromatic nitrogens is 2. The third kappa shape index (κ3) is 4.35. The SMILES string of the molecule is Cc1nc2ccccc2n1CC(=O)NCCNC1CCCCCC1. The van der Waals surface area contributed by atoms with Gasteiger partial charge >= 0.3 is 0 Å². The van der Waals surface area contributed by atoms with Crippen LogP contribution in [-0.2, 0) is 11.3 Å². The second-order valence-corrected chi connectivity index (χ2v) is 6.73. The standard InChI is InChI=1S/C19H28N4O/c1-15-22-17-10-6-7-11-18(17)23(15)14-19(24)21-13-12-20-16-8-4-2-3-5-9-16/h6-7,10-11,16,20H,2-5,8-9,12-14H2,1H3,(H,21,24). The molecular formula is C19H28N4O. The lowest BCUT2D eigenvalue weighted by Gasteiger charge is -2.16. The number of carbonyl (C=O) groups is 1. The Labute approximate surface area is 143 Å². The van der Waals surface area contributed by atoms with Crippen LogP contribution in [0.5, 0.6) is 0 Å². The first-order valence-corrected chi connectivity index (χ1v) is 9.16. The monoisotopic (exact) mass is 328 g/mol. The molecule has 0 atom stereocenters. The fourth-order valence-electron chi connectivity index (χ4n) is 3.56. The largest absolute Gasteiger partial charge is 0.353 e. The number of benzene rings is 1. The molecule has 0 bridgehead atoms. The van der Waals surface area contributed by atoms with Crippen molar-refractivity contribution in [1.29, 1.82) is 0 Å². The van der Waals surface area contributed by atoms with Gasteiger partial charge in [0.25, 0.3) is 0 Å². The Morgan fingerprint density at radius 3 is 2.71 bits per heavy atom. The average molecular weight is 328 g/mol. The number of fused-ring (bicyclic) bond motifs is 1. The van der Waals surface area contributed by atoms with E-state index in [0.717, 1.165) is 23.4 Å². The van der Waals surface area contributed by atoms with Gasteiger partial charge in [0, 0.05) is 19.1 Å². The van der Waals surface area contributed by atoms with Gasteiger partial charge in [0.1, 0.15) is 12.4 Å². The summed E-state index contributed by atoms with van der Waals surface area (Å²) in [6.07, 6.45) is 7.94. The number of nitrogens with one attached hydrogen (secondary N) is 2. The van der Waals surface area contributed by atoms with Crippen LogP contribution in [-0.4, -0.2) is 34.6 Å². The molecule has 0 saturated heterocycles. The molecule has 3 rings (SSSR count). The lowest BCUT2D eigenvalue weighted by molar-refractivity contribution is -0.121. The fourth-order valence-corrected chi connectivity index (χ4v) is 3.56. The zero-order valence-electron chi connectivity index (χ0n) is 14.6. The first-order chi connectivity index (χ1) is 11.7. The Kier molecular flexibility index (Phi) is 5.86. The number of nitrogens with zero attached hydrogens (tertiary/aromatic N) is 2. The van der Waals surface area contributed by atoms with Gasteiger partial charge in [-0.1, -0.05) is 37.8 Å². The van der Waals surface area contributed by atoms with Crippen molar-refractivity contribution in [2.45, 2.75) is 58.0 Å². The van der Waals surface area contributed by atoms with E-state index in [1.165, 1.54) is 38.5 Å². The highest BCUT2D eigenvalue weighted by atomic mass is 16.1. The van der Waals surface area contributed by atoms with Crippen LogP contribution in [0.25, 0.3) is 11.0 Å². The quantitative estimate of drug-likeness (QED) is 0.633. The van der Waals surface area contributed by atoms with Crippen LogP contribution in [0, 0.1) is 6.92 Å². The van der Waals surface area contributed by atoms with Gasteiger partial charge in [-0.05, 0) is 31.9 Å². The van der Waals surface area contributed by atoms with Crippen molar-refractivity contribution in [2.24, 2.45) is 0 Å². The summed E-state index contributed by atoms with van der Waals surface area (Å²) in [6.45, 7) is 3.80. The van der Waals surface area contributed by atoms with Gasteiger partial charge in [-0.25, -0.2) is 4.98 Å². The molecule has 1 heterocycles. The normalized spacial score (nSPS) is 16.2. The predicted molar refractivity (Wildman–Crippen MR) is 97.0 cm³/mol. The van der Waals surface area contributed by atoms with Gasteiger partial charge in [0.15, 0.2) is 0 Å². The summed E-state index contributed by atoms with van der Waals surface area (Å²) in [5.41, 5.74) is 1.96. The molecule has 2 N–H and O–H groups in total. The molecule has 1 saturated carbocycles. The molecular weight excluding hydrogens is 300 g/mol. The average Bonchev–Trinajstić information content (AvgIpc) is 2.76. The maximum Gasteiger partial charge on any atom is 0.240 e. The summed E-state index contributed by atoms with van der Waals surface area (Å²) in [5.74, 6) is 0.923. The second-order valence-electron chi connectivity index (χ2n) is 6.73. The molecule has 24 heavy (non-hydrogen) atoms. The Morgan fingerprint density at radius 2 is 1.92 bits per heavy atom. The minimum atomic E-state index is 0.0453. The van der Waals surface area contributed by atoms with Crippen molar-refractivity contribution in [1.82, 2.24) is 20.2 Å². The fraction of sp³-hybridized carbons (Fsp3) is 0.579. The second kappa shape index (κ2) is 8.29. The number of imidazole rings is 1. The van der Waals surface area contributed by atoms with Crippen LogP contribution >= 0.6 is 0 Å². The third-order valence-corrected chi connectivity index (χ3v) is 4.88. The van der Waals surface area contributed by atoms with Gasteiger partial charge in [0.2, 0.25) is 5.91 Å². The Hall–Kier alpha value is -1.88. The van der Waals surface area contributed by atoms with E-state index in [1.54, 1.807) is 0 Å². The van der Waals surface area contributed by atoms with Crippen LogP contribution in [0.15, 0.2) is 24.3 Å².